The van der Waals surface area contributed by atoms with Crippen molar-refractivity contribution >= 4 is 50.0 Å². The highest BCUT2D eigenvalue weighted by atomic mass is 127. The number of ether oxygens (including phenoxy) is 1. The first kappa shape index (κ1) is 14.1. The minimum absolute atomic E-state index is 0.0834. The molecule has 0 atom stereocenters. The third-order valence-corrected chi connectivity index (χ3v) is 4.97. The Kier molecular flexibility index (Phi) is 4.11. The van der Waals surface area contributed by atoms with E-state index in [-0.39, 0.29) is 12.1 Å². The van der Waals surface area contributed by atoms with Crippen molar-refractivity contribution < 1.29 is 9.53 Å². The normalized spacial score (nSPS) is 22.9. The maximum absolute atomic E-state index is 10.9. The van der Waals surface area contributed by atoms with Gasteiger partial charge in [-0.05, 0) is 48.3 Å². The summed E-state index contributed by atoms with van der Waals surface area (Å²) >= 11 is 3.78. The van der Waals surface area contributed by atoms with Crippen LogP contribution in [0.4, 0.5) is 5.13 Å². The Morgan fingerprint density at radius 2 is 2.25 bits per heavy atom. The first-order chi connectivity index (χ1) is 9.61. The van der Waals surface area contributed by atoms with Crippen LogP contribution in [0.2, 0.25) is 0 Å². The fourth-order valence-corrected chi connectivity index (χ4v) is 3.95. The van der Waals surface area contributed by atoms with E-state index in [1.165, 1.54) is 6.92 Å². The average Bonchev–Trinajstić information content (AvgIpc) is 2.94. The summed E-state index contributed by atoms with van der Waals surface area (Å²) in [5.74, 6) is -0.183. The summed E-state index contributed by atoms with van der Waals surface area (Å²) in [7, 11) is 0. The van der Waals surface area contributed by atoms with Gasteiger partial charge < -0.3 is 10.1 Å². The van der Waals surface area contributed by atoms with Gasteiger partial charge in [0.15, 0.2) is 0 Å². The lowest BCUT2D eigenvalue weighted by Crippen LogP contribution is -2.30. The topological polar surface area (TPSA) is 68.5 Å². The van der Waals surface area contributed by atoms with Crippen molar-refractivity contribution in [3.63, 3.8) is 0 Å². The highest BCUT2D eigenvalue weighted by Gasteiger charge is 2.23. The van der Waals surface area contributed by atoms with Crippen LogP contribution in [-0.2, 0) is 9.53 Å². The third-order valence-electron chi connectivity index (χ3n) is 3.38. The number of carbonyl (C=O) groups is 1. The average molecular weight is 406 g/mol. The number of nitrogens with one attached hydrogen (secondary N) is 1. The van der Waals surface area contributed by atoms with Crippen molar-refractivity contribution in [2.24, 2.45) is 0 Å². The van der Waals surface area contributed by atoms with E-state index in [0.717, 1.165) is 39.5 Å². The van der Waals surface area contributed by atoms with Crippen LogP contribution in [0.5, 0.6) is 0 Å². The van der Waals surface area contributed by atoms with E-state index in [4.69, 9.17) is 4.74 Å². The van der Waals surface area contributed by atoms with Crippen LogP contribution in [0.15, 0.2) is 6.20 Å². The summed E-state index contributed by atoms with van der Waals surface area (Å²) in [4.78, 5) is 16.1. The van der Waals surface area contributed by atoms with Crippen LogP contribution >= 0.6 is 33.9 Å². The molecule has 1 aliphatic rings. The van der Waals surface area contributed by atoms with Crippen LogP contribution in [0.25, 0.3) is 4.96 Å². The Bertz CT molecular complexity index is 618. The molecule has 0 spiro atoms. The number of fused-ring (bicyclic) bond motifs is 1. The fourth-order valence-electron chi connectivity index (χ4n) is 2.46. The molecule has 0 saturated heterocycles. The molecule has 1 aliphatic carbocycles. The summed E-state index contributed by atoms with van der Waals surface area (Å²) in [6.07, 6.45) is 5.72. The van der Waals surface area contributed by atoms with E-state index in [1.54, 1.807) is 11.3 Å². The molecule has 1 N–H and O–H groups in total. The predicted molar refractivity (Wildman–Crippen MR) is 85.0 cm³/mol. The second kappa shape index (κ2) is 5.84. The Hall–Kier alpha value is -0.900. The number of imidazole rings is 1. The molecule has 1 fully saturated rings. The zero-order chi connectivity index (χ0) is 14.1. The van der Waals surface area contributed by atoms with Crippen molar-refractivity contribution in [1.82, 2.24) is 14.6 Å². The van der Waals surface area contributed by atoms with Crippen LogP contribution < -0.4 is 5.32 Å². The Labute approximate surface area is 134 Å². The van der Waals surface area contributed by atoms with Gasteiger partial charge in [0.25, 0.3) is 0 Å². The first-order valence-electron chi connectivity index (χ1n) is 6.55. The number of hydrogen-bond acceptors (Lipinski definition) is 6. The van der Waals surface area contributed by atoms with Gasteiger partial charge in [0, 0.05) is 13.0 Å². The van der Waals surface area contributed by atoms with E-state index in [9.17, 15) is 4.79 Å². The molecule has 0 aromatic carbocycles. The Morgan fingerprint density at radius 1 is 1.50 bits per heavy atom. The summed E-state index contributed by atoms with van der Waals surface area (Å²) < 4.78 is 8.11. The molecular formula is C12H15IN4O2S. The lowest BCUT2D eigenvalue weighted by atomic mass is 9.93. The van der Waals surface area contributed by atoms with Gasteiger partial charge in [0.1, 0.15) is 9.80 Å². The lowest BCUT2D eigenvalue weighted by Gasteiger charge is -2.28. The zero-order valence-corrected chi connectivity index (χ0v) is 14.0. The molecule has 0 radical (unpaired) electrons. The van der Waals surface area contributed by atoms with Crippen molar-refractivity contribution in [3.05, 3.63) is 9.90 Å². The van der Waals surface area contributed by atoms with Gasteiger partial charge in [-0.15, -0.1) is 5.10 Å². The van der Waals surface area contributed by atoms with Crippen LogP contribution in [-0.4, -0.2) is 32.7 Å². The van der Waals surface area contributed by atoms with E-state index in [2.05, 4.69) is 38.0 Å². The summed E-state index contributed by atoms with van der Waals surface area (Å²) in [6.45, 7) is 1.47. The van der Waals surface area contributed by atoms with Gasteiger partial charge in [0.05, 0.1) is 6.20 Å². The number of esters is 1. The molecule has 6 nitrogen and oxygen atoms in total. The zero-order valence-electron chi connectivity index (χ0n) is 11.0. The van der Waals surface area contributed by atoms with Gasteiger partial charge in [0.2, 0.25) is 10.1 Å². The molecule has 0 bridgehead atoms. The minimum Gasteiger partial charge on any atom is -0.463 e. The van der Waals surface area contributed by atoms with E-state index in [0.29, 0.717) is 6.04 Å². The number of anilines is 1. The smallest absolute Gasteiger partial charge is 0.302 e. The molecule has 2 heterocycles. The predicted octanol–water partition coefficient (Wildman–Crippen LogP) is 2.68. The number of hydrogen-bond donors (Lipinski definition) is 1. The molecule has 108 valence electrons. The van der Waals surface area contributed by atoms with Crippen LogP contribution in [0.3, 0.4) is 0 Å². The molecule has 2 aromatic rings. The molecule has 8 heteroatoms. The number of carbonyl (C=O) groups excluding carboxylic acids is 1. The van der Waals surface area contributed by atoms with E-state index in [1.807, 2.05) is 10.7 Å². The quantitative estimate of drug-likeness (QED) is 0.627. The summed E-state index contributed by atoms with van der Waals surface area (Å²) in [5, 5.41) is 8.87. The molecule has 20 heavy (non-hydrogen) atoms. The van der Waals surface area contributed by atoms with Crippen molar-refractivity contribution in [2.75, 3.05) is 5.32 Å². The maximum atomic E-state index is 10.9. The lowest BCUT2D eigenvalue weighted by molar-refractivity contribution is -0.147. The van der Waals surface area contributed by atoms with Gasteiger partial charge in [-0.1, -0.05) is 11.3 Å². The number of nitrogens with zero attached hydrogens (tertiary/aromatic N) is 3. The molecule has 1 saturated carbocycles. The second-order valence-corrected chi connectivity index (χ2v) is 6.97. The van der Waals surface area contributed by atoms with E-state index < -0.39 is 0 Å². The fraction of sp³-hybridized carbons (Fsp3) is 0.583. The van der Waals surface area contributed by atoms with Gasteiger partial charge >= 0.3 is 5.97 Å². The molecule has 3 rings (SSSR count). The molecule has 0 unspecified atom stereocenters. The van der Waals surface area contributed by atoms with Gasteiger partial charge in [-0.25, -0.2) is 4.98 Å². The SMILES string of the molecule is CC(=O)OC1CCC(Nc2nn3c(I)cnc3s2)CC1. The first-order valence-corrected chi connectivity index (χ1v) is 8.45. The number of aromatic nitrogens is 3. The molecule has 2 aromatic heterocycles. The number of rotatable bonds is 3. The highest BCUT2D eigenvalue weighted by Crippen LogP contribution is 2.27. The van der Waals surface area contributed by atoms with Crippen molar-refractivity contribution in [2.45, 2.75) is 44.8 Å². The van der Waals surface area contributed by atoms with Crippen LogP contribution in [0.1, 0.15) is 32.6 Å². The second-order valence-electron chi connectivity index (χ2n) is 4.91. The van der Waals surface area contributed by atoms with Gasteiger partial charge in [-0.3, -0.25) is 4.79 Å². The Balaban J connectivity index is 1.57. The summed E-state index contributed by atoms with van der Waals surface area (Å²) in [6, 6.07) is 0.398. The van der Waals surface area contributed by atoms with E-state index >= 15 is 0 Å². The summed E-state index contributed by atoms with van der Waals surface area (Å²) in [5.41, 5.74) is 0. The minimum atomic E-state index is -0.183. The van der Waals surface area contributed by atoms with Crippen molar-refractivity contribution in [1.29, 1.82) is 0 Å². The van der Waals surface area contributed by atoms with Crippen LogP contribution in [0, 0.1) is 3.70 Å². The maximum Gasteiger partial charge on any atom is 0.302 e. The highest BCUT2D eigenvalue weighted by molar-refractivity contribution is 14.1. The van der Waals surface area contributed by atoms with Gasteiger partial charge in [-0.2, -0.15) is 4.52 Å². The monoisotopic (exact) mass is 406 g/mol. The molecule has 0 amide bonds. The largest absolute Gasteiger partial charge is 0.463 e. The standard InChI is InChI=1S/C12H15IN4O2S/c1-7(18)19-9-4-2-8(3-5-9)15-11-16-17-10(13)6-14-12(17)20-11/h6,8-9H,2-5H2,1H3,(H,15,16). The molecular weight excluding hydrogens is 391 g/mol. The Morgan fingerprint density at radius 3 is 2.90 bits per heavy atom. The van der Waals surface area contributed by atoms with Crippen molar-refractivity contribution in [3.8, 4) is 0 Å². The number of halogens is 1. The molecule has 0 aliphatic heterocycles. The third kappa shape index (κ3) is 3.05.